The maximum absolute atomic E-state index is 10.1. The monoisotopic (exact) mass is 914 g/mol. The molecule has 0 fully saturated rings. The highest BCUT2D eigenvalue weighted by Crippen LogP contribution is 2.44. The molecule has 0 atom stereocenters. The van der Waals surface area contributed by atoms with Gasteiger partial charge < -0.3 is 9.13 Å². The number of pyridine rings is 1. The van der Waals surface area contributed by atoms with Gasteiger partial charge in [0.25, 0.3) is 0 Å². The van der Waals surface area contributed by atoms with Gasteiger partial charge in [-0.1, -0.05) is 115 Å². The smallest absolute Gasteiger partial charge is 0.187 e. The summed E-state index contributed by atoms with van der Waals surface area (Å²) >= 11 is 0. The van der Waals surface area contributed by atoms with Crippen LogP contribution < -0.4 is 0 Å². The van der Waals surface area contributed by atoms with Crippen LogP contribution in [-0.2, 0) is 0 Å². The average molecular weight is 915 g/mol. The van der Waals surface area contributed by atoms with Gasteiger partial charge >= 0.3 is 0 Å². The molecule has 8 heteroatoms. The van der Waals surface area contributed by atoms with E-state index in [2.05, 4.69) is 111 Å². The summed E-state index contributed by atoms with van der Waals surface area (Å²) in [4.78, 5) is 8.85. The van der Waals surface area contributed by atoms with Crippen LogP contribution in [-0.4, -0.2) is 14.1 Å². The fraction of sp³-hybridized carbons (Fsp3) is 0. The molecule has 330 valence electrons. The summed E-state index contributed by atoms with van der Waals surface area (Å²) in [6.07, 6.45) is 3.80. The number of benzene rings is 9. The van der Waals surface area contributed by atoms with Crippen LogP contribution in [0.4, 0.5) is 5.69 Å². The minimum absolute atomic E-state index is 0.522. The molecule has 8 nitrogen and oxygen atoms in total. The first-order valence-corrected chi connectivity index (χ1v) is 23.1. The van der Waals surface area contributed by atoms with Crippen molar-refractivity contribution in [1.29, 1.82) is 21.0 Å². The lowest BCUT2D eigenvalue weighted by Gasteiger charge is -2.20. The molecule has 0 aliphatic carbocycles. The van der Waals surface area contributed by atoms with E-state index in [0.29, 0.717) is 27.9 Å². The van der Waals surface area contributed by atoms with Crippen LogP contribution in [0.3, 0.4) is 0 Å². The molecule has 72 heavy (non-hydrogen) atoms. The number of rotatable bonds is 7. The molecule has 0 aliphatic rings. The van der Waals surface area contributed by atoms with Crippen molar-refractivity contribution in [3.05, 3.63) is 240 Å². The van der Waals surface area contributed by atoms with Crippen molar-refractivity contribution in [1.82, 2.24) is 14.1 Å². The Balaban J connectivity index is 1.22. The van der Waals surface area contributed by atoms with Gasteiger partial charge in [0.15, 0.2) is 5.69 Å². The van der Waals surface area contributed by atoms with Crippen LogP contribution in [0.5, 0.6) is 0 Å². The maximum atomic E-state index is 10.1. The molecule has 0 N–H and O–H groups in total. The van der Waals surface area contributed by atoms with E-state index in [9.17, 15) is 21.0 Å². The van der Waals surface area contributed by atoms with Crippen molar-refractivity contribution >= 4 is 49.3 Å². The second kappa shape index (κ2) is 17.4. The Hall–Kier alpha value is -10.8. The van der Waals surface area contributed by atoms with Crippen molar-refractivity contribution in [2.75, 3.05) is 0 Å². The first-order chi connectivity index (χ1) is 35.4. The maximum Gasteiger partial charge on any atom is 0.187 e. The summed E-state index contributed by atoms with van der Waals surface area (Å²) in [5, 5.41) is 43.8. The molecule has 0 amide bonds. The minimum atomic E-state index is 0.522. The van der Waals surface area contributed by atoms with Crippen LogP contribution in [0.25, 0.3) is 115 Å². The van der Waals surface area contributed by atoms with E-state index in [-0.39, 0.29) is 0 Å². The summed E-state index contributed by atoms with van der Waals surface area (Å²) in [5.74, 6) is 0. The molecular formula is C64H34N8. The second-order valence-electron chi connectivity index (χ2n) is 17.6. The molecule has 0 bridgehead atoms. The molecule has 3 aromatic heterocycles. The first kappa shape index (κ1) is 42.5. The number of hydrogen-bond acceptors (Lipinski definition) is 5. The van der Waals surface area contributed by atoms with Gasteiger partial charge in [-0.05, 0) is 129 Å². The number of fused-ring (bicyclic) bond motifs is 6. The van der Waals surface area contributed by atoms with Gasteiger partial charge in [-0.2, -0.15) is 21.0 Å². The Labute approximate surface area is 414 Å². The van der Waals surface area contributed by atoms with Gasteiger partial charge in [0, 0.05) is 27.1 Å². The summed E-state index contributed by atoms with van der Waals surface area (Å²) in [5.41, 5.74) is 17.0. The number of hydrogen-bond donors (Lipinski definition) is 0. The highest BCUT2D eigenvalue weighted by Gasteiger charge is 2.24. The van der Waals surface area contributed by atoms with Crippen LogP contribution in [0.2, 0.25) is 0 Å². The van der Waals surface area contributed by atoms with Crippen LogP contribution in [0.1, 0.15) is 22.3 Å². The van der Waals surface area contributed by atoms with Gasteiger partial charge in [-0.15, -0.1) is 0 Å². The first-order valence-electron chi connectivity index (χ1n) is 23.1. The Morgan fingerprint density at radius 2 is 0.681 bits per heavy atom. The molecule has 0 saturated heterocycles. The standard InChI is InChI=1S/C64H34N8/c1-69-53-13-5-12-48(29-53)52-21-25-57-56-24-20-51(47-11-4-8-43(28-47)37-68)32-60(56)72(61(57)33-52)63-39-70-38-62(64(63)44-16-14-40(34-65)15-17-44)71-58-30-49(45-9-2-6-41(26-45)35-66)18-22-54(58)55-23-19-50(31-59(55)71)46-10-3-7-42(27-46)36-67/h2-33,38-39H. The van der Waals surface area contributed by atoms with Crippen LogP contribution >= 0.6 is 0 Å². The SMILES string of the molecule is [C-]#[N+]c1cccc(-c2ccc3c4ccc(-c5cccc(C#N)c5)cc4n(-c4cncc(-n5c6cc(-c7cccc(C#N)c7)ccc6c6ccc(-c7cccc(C#N)c7)cc65)c4-c4ccc(C#N)cc4)c3c2)c1. The zero-order valence-corrected chi connectivity index (χ0v) is 38.2. The Morgan fingerprint density at radius 1 is 0.347 bits per heavy atom. The Morgan fingerprint density at radius 3 is 1.04 bits per heavy atom. The molecule has 0 radical (unpaired) electrons. The predicted molar refractivity (Wildman–Crippen MR) is 285 cm³/mol. The van der Waals surface area contributed by atoms with Crippen molar-refractivity contribution in [3.63, 3.8) is 0 Å². The van der Waals surface area contributed by atoms with Crippen molar-refractivity contribution < 1.29 is 0 Å². The quantitative estimate of drug-likeness (QED) is 0.147. The lowest BCUT2D eigenvalue weighted by atomic mass is 10.00. The molecule has 0 unspecified atom stereocenters. The molecular weight excluding hydrogens is 881 g/mol. The number of aromatic nitrogens is 3. The largest absolute Gasteiger partial charge is 0.307 e. The second-order valence-corrected chi connectivity index (χ2v) is 17.6. The Bertz CT molecular complexity index is 3970. The normalized spacial score (nSPS) is 11.0. The molecule has 12 aromatic rings. The van der Waals surface area contributed by atoms with Crippen molar-refractivity contribution in [2.45, 2.75) is 0 Å². The zero-order valence-electron chi connectivity index (χ0n) is 38.2. The van der Waals surface area contributed by atoms with Crippen LogP contribution in [0.15, 0.2) is 207 Å². The Kier molecular flexibility index (Phi) is 10.3. The van der Waals surface area contributed by atoms with Gasteiger partial charge in [0.2, 0.25) is 0 Å². The fourth-order valence-corrected chi connectivity index (χ4v) is 10.1. The molecule has 0 saturated carbocycles. The van der Waals surface area contributed by atoms with Crippen LogP contribution in [0, 0.1) is 51.9 Å². The lowest BCUT2D eigenvalue weighted by molar-refractivity contribution is 1.09. The fourth-order valence-electron chi connectivity index (χ4n) is 10.1. The average Bonchev–Trinajstić information content (AvgIpc) is 3.96. The summed E-state index contributed by atoms with van der Waals surface area (Å²) in [6.45, 7) is 7.78. The third kappa shape index (κ3) is 7.17. The van der Waals surface area contributed by atoms with Gasteiger partial charge in [-0.25, -0.2) is 4.85 Å². The van der Waals surface area contributed by atoms with E-state index >= 15 is 0 Å². The van der Waals surface area contributed by atoms with E-state index < -0.39 is 0 Å². The highest BCUT2D eigenvalue weighted by atomic mass is 15.0. The zero-order chi connectivity index (χ0) is 48.9. The topological polar surface area (TPSA) is 122 Å². The number of nitrogens with zero attached hydrogens (tertiary/aromatic N) is 8. The lowest BCUT2D eigenvalue weighted by Crippen LogP contribution is -2.05. The summed E-state index contributed by atoms with van der Waals surface area (Å²) < 4.78 is 4.53. The van der Waals surface area contributed by atoms with Gasteiger partial charge in [-0.3, -0.25) is 4.98 Å². The predicted octanol–water partition coefficient (Wildman–Crippen LogP) is 15.6. The van der Waals surface area contributed by atoms with E-state index in [4.69, 9.17) is 11.6 Å². The molecule has 0 spiro atoms. The van der Waals surface area contributed by atoms with E-state index in [1.54, 1.807) is 18.2 Å². The van der Waals surface area contributed by atoms with Crippen molar-refractivity contribution in [3.8, 4) is 91.3 Å². The van der Waals surface area contributed by atoms with E-state index in [1.165, 1.54) is 0 Å². The van der Waals surface area contributed by atoms with E-state index in [0.717, 1.165) is 111 Å². The molecule has 0 aliphatic heterocycles. The molecule has 9 aromatic carbocycles. The number of nitriles is 4. The molecule has 3 heterocycles. The van der Waals surface area contributed by atoms with E-state index in [1.807, 2.05) is 116 Å². The third-order valence-electron chi connectivity index (χ3n) is 13.5. The van der Waals surface area contributed by atoms with Gasteiger partial charge in [0.05, 0.1) is 98.9 Å². The highest BCUT2D eigenvalue weighted by molar-refractivity contribution is 6.14. The summed E-state index contributed by atoms with van der Waals surface area (Å²) in [7, 11) is 0. The minimum Gasteiger partial charge on any atom is -0.307 e. The molecule has 12 rings (SSSR count). The third-order valence-corrected chi connectivity index (χ3v) is 13.5. The van der Waals surface area contributed by atoms with Crippen molar-refractivity contribution in [2.24, 2.45) is 0 Å². The summed E-state index contributed by atoms with van der Waals surface area (Å²) in [6, 6.07) is 72.9. The van der Waals surface area contributed by atoms with Gasteiger partial charge in [0.1, 0.15) is 0 Å².